The number of hydrogen-bond donors (Lipinski definition) is 1. The minimum absolute atomic E-state index is 0.0881. The van der Waals surface area contributed by atoms with Gasteiger partial charge in [-0.05, 0) is 12.8 Å². The topological polar surface area (TPSA) is 58.6 Å². The van der Waals surface area contributed by atoms with E-state index in [0.29, 0.717) is 11.6 Å². The maximum atomic E-state index is 11.4. The van der Waals surface area contributed by atoms with Crippen molar-refractivity contribution in [1.82, 2.24) is 15.0 Å². The monoisotopic (exact) mass is 219 g/mol. The second kappa shape index (κ2) is 3.27. The van der Waals surface area contributed by atoms with Gasteiger partial charge < -0.3 is 4.98 Å². The third kappa shape index (κ3) is 1.70. The standard InChI is InChI=1S/C10H9N3OS/c14-9-3-7(8-4-15-5-11-8)12-10(13-9)6-1-2-6/h3-6H,1-2H2,(H,12,13,14). The van der Waals surface area contributed by atoms with Gasteiger partial charge in [-0.2, -0.15) is 0 Å². The molecule has 1 saturated carbocycles. The van der Waals surface area contributed by atoms with Gasteiger partial charge in [0.1, 0.15) is 5.82 Å². The number of thiazole rings is 1. The third-order valence-corrected chi connectivity index (χ3v) is 3.01. The zero-order valence-electron chi connectivity index (χ0n) is 7.93. The molecule has 0 spiro atoms. The summed E-state index contributed by atoms with van der Waals surface area (Å²) >= 11 is 1.51. The van der Waals surface area contributed by atoms with Gasteiger partial charge in [0.2, 0.25) is 0 Å². The lowest BCUT2D eigenvalue weighted by Gasteiger charge is -1.99. The summed E-state index contributed by atoms with van der Waals surface area (Å²) in [6.45, 7) is 0. The van der Waals surface area contributed by atoms with E-state index in [4.69, 9.17) is 0 Å². The van der Waals surface area contributed by atoms with Crippen molar-refractivity contribution in [2.45, 2.75) is 18.8 Å². The van der Waals surface area contributed by atoms with Gasteiger partial charge in [0, 0.05) is 17.4 Å². The van der Waals surface area contributed by atoms with Crippen LogP contribution in [0.25, 0.3) is 11.4 Å². The van der Waals surface area contributed by atoms with Crippen LogP contribution in [0.5, 0.6) is 0 Å². The molecule has 0 bridgehead atoms. The molecule has 76 valence electrons. The molecule has 0 unspecified atom stereocenters. The Labute approximate surface area is 90.0 Å². The van der Waals surface area contributed by atoms with Gasteiger partial charge in [0.15, 0.2) is 0 Å². The first-order valence-corrected chi connectivity index (χ1v) is 5.77. The Balaban J connectivity index is 2.11. The molecule has 1 fully saturated rings. The first-order chi connectivity index (χ1) is 7.33. The van der Waals surface area contributed by atoms with Crippen LogP contribution in [0.15, 0.2) is 21.8 Å². The SMILES string of the molecule is O=c1cc(-c2cscn2)nc(C2CC2)[nH]1. The van der Waals surface area contributed by atoms with Crippen LogP contribution in [-0.2, 0) is 0 Å². The Morgan fingerprint density at radius 3 is 2.93 bits per heavy atom. The van der Waals surface area contributed by atoms with Crippen molar-refractivity contribution in [3.63, 3.8) is 0 Å². The van der Waals surface area contributed by atoms with Crippen molar-refractivity contribution in [3.8, 4) is 11.4 Å². The third-order valence-electron chi connectivity index (χ3n) is 2.42. The summed E-state index contributed by atoms with van der Waals surface area (Å²) in [6.07, 6.45) is 2.26. The molecule has 1 aliphatic carbocycles. The van der Waals surface area contributed by atoms with Gasteiger partial charge >= 0.3 is 0 Å². The summed E-state index contributed by atoms with van der Waals surface area (Å²) < 4.78 is 0. The van der Waals surface area contributed by atoms with Crippen LogP contribution in [0.2, 0.25) is 0 Å². The molecular weight excluding hydrogens is 210 g/mol. The van der Waals surface area contributed by atoms with E-state index in [-0.39, 0.29) is 5.56 Å². The number of nitrogens with one attached hydrogen (secondary N) is 1. The number of rotatable bonds is 2. The first-order valence-electron chi connectivity index (χ1n) is 4.83. The Bertz CT molecular complexity index is 528. The predicted molar refractivity (Wildman–Crippen MR) is 57.9 cm³/mol. The molecule has 0 aliphatic heterocycles. The molecule has 0 radical (unpaired) electrons. The van der Waals surface area contributed by atoms with Gasteiger partial charge in [-0.15, -0.1) is 11.3 Å². The highest BCUT2D eigenvalue weighted by molar-refractivity contribution is 7.07. The van der Waals surface area contributed by atoms with Gasteiger partial charge in [0.05, 0.1) is 16.9 Å². The fourth-order valence-corrected chi connectivity index (χ4v) is 2.04. The number of H-pyrrole nitrogens is 1. The van der Waals surface area contributed by atoms with Crippen LogP contribution in [0.4, 0.5) is 0 Å². The molecule has 3 rings (SSSR count). The summed E-state index contributed by atoms with van der Waals surface area (Å²) in [5.41, 5.74) is 3.12. The summed E-state index contributed by atoms with van der Waals surface area (Å²) in [5.74, 6) is 1.27. The van der Waals surface area contributed by atoms with Gasteiger partial charge in [-0.25, -0.2) is 9.97 Å². The smallest absolute Gasteiger partial charge is 0.251 e. The Hall–Kier alpha value is -1.49. The van der Waals surface area contributed by atoms with Crippen LogP contribution in [-0.4, -0.2) is 15.0 Å². The van der Waals surface area contributed by atoms with Crippen LogP contribution in [0.1, 0.15) is 24.6 Å². The van der Waals surface area contributed by atoms with E-state index in [1.54, 1.807) is 5.51 Å². The average molecular weight is 219 g/mol. The molecule has 1 N–H and O–H groups in total. The molecule has 2 aromatic rings. The van der Waals surface area contributed by atoms with E-state index in [9.17, 15) is 4.79 Å². The second-order valence-electron chi connectivity index (χ2n) is 3.66. The molecule has 4 nitrogen and oxygen atoms in total. The van der Waals surface area contributed by atoms with E-state index < -0.39 is 0 Å². The van der Waals surface area contributed by atoms with E-state index in [1.807, 2.05) is 5.38 Å². The molecule has 0 atom stereocenters. The Morgan fingerprint density at radius 1 is 1.40 bits per heavy atom. The van der Waals surface area contributed by atoms with Gasteiger partial charge in [-0.1, -0.05) is 0 Å². The fourth-order valence-electron chi connectivity index (χ4n) is 1.50. The largest absolute Gasteiger partial charge is 0.310 e. The molecule has 2 aromatic heterocycles. The molecule has 0 aromatic carbocycles. The minimum Gasteiger partial charge on any atom is -0.310 e. The Kier molecular flexibility index (Phi) is 1.92. The van der Waals surface area contributed by atoms with E-state index in [1.165, 1.54) is 17.4 Å². The van der Waals surface area contributed by atoms with Gasteiger partial charge in [0.25, 0.3) is 5.56 Å². The van der Waals surface area contributed by atoms with Gasteiger partial charge in [-0.3, -0.25) is 4.79 Å². The summed E-state index contributed by atoms with van der Waals surface area (Å²) in [6, 6.07) is 1.50. The van der Waals surface area contributed by atoms with E-state index in [0.717, 1.165) is 24.4 Å². The molecule has 1 aliphatic rings. The quantitative estimate of drug-likeness (QED) is 0.837. The number of hydrogen-bond acceptors (Lipinski definition) is 4. The van der Waals surface area contributed by atoms with E-state index in [2.05, 4.69) is 15.0 Å². The molecule has 15 heavy (non-hydrogen) atoms. The van der Waals surface area contributed by atoms with Crippen molar-refractivity contribution < 1.29 is 0 Å². The van der Waals surface area contributed by atoms with Crippen molar-refractivity contribution in [1.29, 1.82) is 0 Å². The maximum Gasteiger partial charge on any atom is 0.251 e. The zero-order chi connectivity index (χ0) is 10.3. The number of aromatic amines is 1. The van der Waals surface area contributed by atoms with Crippen LogP contribution in [0, 0.1) is 0 Å². The van der Waals surface area contributed by atoms with E-state index >= 15 is 0 Å². The lowest BCUT2D eigenvalue weighted by Crippen LogP contribution is -2.10. The molecule has 2 heterocycles. The highest BCUT2D eigenvalue weighted by Crippen LogP contribution is 2.37. The minimum atomic E-state index is -0.0881. The summed E-state index contributed by atoms with van der Waals surface area (Å²) in [5, 5.41) is 1.90. The summed E-state index contributed by atoms with van der Waals surface area (Å²) in [4.78, 5) is 22.8. The van der Waals surface area contributed by atoms with Crippen LogP contribution >= 0.6 is 11.3 Å². The molecule has 0 amide bonds. The number of nitrogens with zero attached hydrogens (tertiary/aromatic N) is 2. The number of aromatic nitrogens is 3. The molecule has 0 saturated heterocycles. The van der Waals surface area contributed by atoms with Crippen molar-refractivity contribution in [3.05, 3.63) is 33.1 Å². The Morgan fingerprint density at radius 2 is 2.27 bits per heavy atom. The fraction of sp³-hybridized carbons (Fsp3) is 0.300. The normalized spacial score (nSPS) is 15.5. The highest BCUT2D eigenvalue weighted by Gasteiger charge is 2.26. The second-order valence-corrected chi connectivity index (χ2v) is 4.38. The first kappa shape index (κ1) is 8.79. The van der Waals surface area contributed by atoms with Crippen LogP contribution < -0.4 is 5.56 Å². The molecular formula is C10H9N3OS. The highest BCUT2D eigenvalue weighted by atomic mass is 32.1. The maximum absolute atomic E-state index is 11.4. The molecule has 5 heteroatoms. The van der Waals surface area contributed by atoms with Crippen molar-refractivity contribution in [2.75, 3.05) is 0 Å². The lowest BCUT2D eigenvalue weighted by atomic mass is 10.3. The van der Waals surface area contributed by atoms with Crippen LogP contribution in [0.3, 0.4) is 0 Å². The van der Waals surface area contributed by atoms with Crippen molar-refractivity contribution in [2.24, 2.45) is 0 Å². The average Bonchev–Trinajstić information content (AvgIpc) is 2.93. The predicted octanol–water partition coefficient (Wildman–Crippen LogP) is 1.77. The van der Waals surface area contributed by atoms with Crippen molar-refractivity contribution >= 4 is 11.3 Å². The lowest BCUT2D eigenvalue weighted by molar-refractivity contribution is 0.910. The summed E-state index contributed by atoms with van der Waals surface area (Å²) in [7, 11) is 0. The zero-order valence-corrected chi connectivity index (χ0v) is 8.75.